The minimum atomic E-state index is 0.279. The van der Waals surface area contributed by atoms with Crippen LogP contribution in [0.15, 0.2) is 12.4 Å². The van der Waals surface area contributed by atoms with E-state index in [0.29, 0.717) is 12.5 Å². The Morgan fingerprint density at radius 1 is 1.61 bits per heavy atom. The molecule has 0 aliphatic carbocycles. The largest absolute Gasteiger partial charge is 0.337 e. The third kappa shape index (κ3) is 3.10. The highest BCUT2D eigenvalue weighted by Gasteiger charge is 2.22. The van der Waals surface area contributed by atoms with E-state index in [0.717, 1.165) is 38.4 Å². The molecule has 0 aromatic carbocycles. The standard InChI is InChI=1S/C13H22N4O/c1-11-10-14-5-9-17(11)13(18)4-3-7-16-8-6-15-12(16)2/h6,8,11,14H,3-5,7,9-10H2,1-2H3/t11-/m1/s1. The molecule has 0 unspecified atom stereocenters. The molecule has 1 aliphatic heterocycles. The van der Waals surface area contributed by atoms with Gasteiger partial charge in [0.15, 0.2) is 0 Å². The predicted octanol–water partition coefficient (Wildman–Crippen LogP) is 0.792. The van der Waals surface area contributed by atoms with Gasteiger partial charge in [-0.2, -0.15) is 0 Å². The van der Waals surface area contributed by atoms with E-state index in [9.17, 15) is 4.79 Å². The second-order valence-electron chi connectivity index (χ2n) is 4.91. The Kier molecular flexibility index (Phi) is 4.36. The minimum absolute atomic E-state index is 0.279. The third-order valence-electron chi connectivity index (χ3n) is 3.53. The Morgan fingerprint density at radius 3 is 3.11 bits per heavy atom. The lowest BCUT2D eigenvalue weighted by Crippen LogP contribution is -2.52. The number of nitrogens with one attached hydrogen (secondary N) is 1. The van der Waals surface area contributed by atoms with Crippen LogP contribution < -0.4 is 5.32 Å². The second kappa shape index (κ2) is 6.00. The highest BCUT2D eigenvalue weighted by Crippen LogP contribution is 2.08. The maximum absolute atomic E-state index is 12.1. The molecule has 1 aliphatic rings. The smallest absolute Gasteiger partial charge is 0.222 e. The van der Waals surface area contributed by atoms with E-state index in [-0.39, 0.29) is 5.91 Å². The van der Waals surface area contributed by atoms with Crippen molar-refractivity contribution in [3.05, 3.63) is 18.2 Å². The molecule has 18 heavy (non-hydrogen) atoms. The van der Waals surface area contributed by atoms with Crippen molar-refractivity contribution in [1.82, 2.24) is 19.8 Å². The Balaban J connectivity index is 1.76. The van der Waals surface area contributed by atoms with Crippen LogP contribution in [0, 0.1) is 6.92 Å². The monoisotopic (exact) mass is 250 g/mol. The van der Waals surface area contributed by atoms with Crippen molar-refractivity contribution < 1.29 is 4.79 Å². The molecule has 5 nitrogen and oxygen atoms in total. The van der Waals surface area contributed by atoms with Crippen LogP contribution in [0.3, 0.4) is 0 Å². The van der Waals surface area contributed by atoms with Crippen LogP contribution in [-0.2, 0) is 11.3 Å². The van der Waals surface area contributed by atoms with E-state index < -0.39 is 0 Å². The summed E-state index contributed by atoms with van der Waals surface area (Å²) in [5, 5.41) is 3.30. The number of carbonyl (C=O) groups excluding carboxylic acids is 1. The van der Waals surface area contributed by atoms with Crippen LogP contribution in [0.1, 0.15) is 25.6 Å². The van der Waals surface area contributed by atoms with Crippen LogP contribution in [0.4, 0.5) is 0 Å². The first kappa shape index (κ1) is 13.1. The Morgan fingerprint density at radius 2 is 2.44 bits per heavy atom. The molecule has 1 saturated heterocycles. The molecule has 0 radical (unpaired) electrons. The van der Waals surface area contributed by atoms with Crippen LogP contribution >= 0.6 is 0 Å². The zero-order valence-corrected chi connectivity index (χ0v) is 11.2. The molecule has 2 rings (SSSR count). The molecule has 1 aromatic heterocycles. The molecule has 1 aromatic rings. The van der Waals surface area contributed by atoms with E-state index >= 15 is 0 Å². The number of rotatable bonds is 4. The zero-order valence-electron chi connectivity index (χ0n) is 11.2. The van der Waals surface area contributed by atoms with E-state index in [1.165, 1.54) is 0 Å². The summed E-state index contributed by atoms with van der Waals surface area (Å²) in [6.07, 6.45) is 5.28. The van der Waals surface area contributed by atoms with Gasteiger partial charge in [-0.25, -0.2) is 4.98 Å². The van der Waals surface area contributed by atoms with Crippen molar-refractivity contribution in [3.63, 3.8) is 0 Å². The molecule has 2 heterocycles. The predicted molar refractivity (Wildman–Crippen MR) is 70.2 cm³/mol. The van der Waals surface area contributed by atoms with Crippen LogP contribution in [0.25, 0.3) is 0 Å². The number of aryl methyl sites for hydroxylation is 2. The number of nitrogens with zero attached hydrogens (tertiary/aromatic N) is 3. The molecular weight excluding hydrogens is 228 g/mol. The van der Waals surface area contributed by atoms with Gasteiger partial charge in [-0.3, -0.25) is 4.79 Å². The van der Waals surface area contributed by atoms with Gasteiger partial charge in [-0.15, -0.1) is 0 Å². The van der Waals surface area contributed by atoms with Gasteiger partial charge in [-0.1, -0.05) is 0 Å². The van der Waals surface area contributed by atoms with Gasteiger partial charge < -0.3 is 14.8 Å². The molecule has 5 heteroatoms. The fourth-order valence-electron chi connectivity index (χ4n) is 2.40. The van der Waals surface area contributed by atoms with Crippen molar-refractivity contribution in [3.8, 4) is 0 Å². The Bertz CT molecular complexity index is 401. The number of aromatic nitrogens is 2. The summed E-state index contributed by atoms with van der Waals surface area (Å²) in [6.45, 7) is 7.62. The molecular formula is C13H22N4O. The first-order valence-electron chi connectivity index (χ1n) is 6.66. The fourth-order valence-corrected chi connectivity index (χ4v) is 2.40. The number of piperazine rings is 1. The summed E-state index contributed by atoms with van der Waals surface area (Å²) in [6, 6.07) is 0.321. The molecule has 1 atom stereocenters. The summed E-state index contributed by atoms with van der Waals surface area (Å²) in [4.78, 5) is 18.3. The van der Waals surface area contributed by atoms with Crippen LogP contribution in [-0.4, -0.2) is 46.0 Å². The van der Waals surface area contributed by atoms with Crippen molar-refractivity contribution in [2.75, 3.05) is 19.6 Å². The van der Waals surface area contributed by atoms with Crippen LogP contribution in [0.5, 0.6) is 0 Å². The second-order valence-corrected chi connectivity index (χ2v) is 4.91. The van der Waals surface area contributed by atoms with Gasteiger partial charge in [0.1, 0.15) is 5.82 Å². The Labute approximate surface area is 108 Å². The normalized spacial score (nSPS) is 20.1. The lowest BCUT2D eigenvalue weighted by Gasteiger charge is -2.34. The molecule has 0 saturated carbocycles. The fraction of sp³-hybridized carbons (Fsp3) is 0.692. The van der Waals surface area contributed by atoms with Crippen molar-refractivity contribution in [2.24, 2.45) is 0 Å². The van der Waals surface area contributed by atoms with E-state index in [1.54, 1.807) is 6.20 Å². The first-order valence-corrected chi connectivity index (χ1v) is 6.66. The summed E-state index contributed by atoms with van der Waals surface area (Å²) in [7, 11) is 0. The number of hydrogen-bond acceptors (Lipinski definition) is 3. The van der Waals surface area contributed by atoms with Gasteiger partial charge in [0.2, 0.25) is 5.91 Å². The molecule has 1 N–H and O–H groups in total. The van der Waals surface area contributed by atoms with Crippen molar-refractivity contribution in [2.45, 2.75) is 39.3 Å². The summed E-state index contributed by atoms with van der Waals surface area (Å²) >= 11 is 0. The van der Waals surface area contributed by atoms with Crippen molar-refractivity contribution in [1.29, 1.82) is 0 Å². The quantitative estimate of drug-likeness (QED) is 0.859. The van der Waals surface area contributed by atoms with Crippen molar-refractivity contribution >= 4 is 5.91 Å². The highest BCUT2D eigenvalue weighted by atomic mass is 16.2. The summed E-state index contributed by atoms with van der Waals surface area (Å²) < 4.78 is 2.09. The summed E-state index contributed by atoms with van der Waals surface area (Å²) in [5.74, 6) is 1.29. The minimum Gasteiger partial charge on any atom is -0.337 e. The van der Waals surface area contributed by atoms with Gasteiger partial charge in [0, 0.05) is 51.0 Å². The number of hydrogen-bond donors (Lipinski definition) is 1. The van der Waals surface area contributed by atoms with Gasteiger partial charge >= 0.3 is 0 Å². The first-order chi connectivity index (χ1) is 8.68. The van der Waals surface area contributed by atoms with E-state index in [4.69, 9.17) is 0 Å². The van der Waals surface area contributed by atoms with Gasteiger partial charge in [0.25, 0.3) is 0 Å². The number of imidazole rings is 1. The van der Waals surface area contributed by atoms with Gasteiger partial charge in [0.05, 0.1) is 0 Å². The molecule has 1 amide bonds. The average molecular weight is 250 g/mol. The molecule has 1 fully saturated rings. The molecule has 0 bridgehead atoms. The van der Waals surface area contributed by atoms with Crippen LogP contribution in [0.2, 0.25) is 0 Å². The average Bonchev–Trinajstić information content (AvgIpc) is 2.75. The third-order valence-corrected chi connectivity index (χ3v) is 3.53. The maximum Gasteiger partial charge on any atom is 0.222 e. The molecule has 0 spiro atoms. The van der Waals surface area contributed by atoms with Gasteiger partial charge in [-0.05, 0) is 20.3 Å². The number of carbonyl (C=O) groups is 1. The zero-order chi connectivity index (χ0) is 13.0. The molecule has 100 valence electrons. The topological polar surface area (TPSA) is 50.2 Å². The van der Waals surface area contributed by atoms with E-state index in [1.807, 2.05) is 18.0 Å². The maximum atomic E-state index is 12.1. The highest BCUT2D eigenvalue weighted by molar-refractivity contribution is 5.76. The SMILES string of the molecule is Cc1nccn1CCCC(=O)N1CCNC[C@H]1C. The number of amides is 1. The lowest BCUT2D eigenvalue weighted by molar-refractivity contribution is -0.134. The summed E-state index contributed by atoms with van der Waals surface area (Å²) in [5.41, 5.74) is 0. The Hall–Kier alpha value is -1.36. The van der Waals surface area contributed by atoms with E-state index in [2.05, 4.69) is 21.8 Å². The lowest BCUT2D eigenvalue weighted by atomic mass is 10.2.